The van der Waals surface area contributed by atoms with Crippen LogP contribution in [0.2, 0.25) is 0 Å². The van der Waals surface area contributed by atoms with Crippen LogP contribution in [-0.4, -0.2) is 11.4 Å². The van der Waals surface area contributed by atoms with E-state index < -0.39 is 0 Å². The molecule has 2 nitrogen and oxygen atoms in total. The molecule has 0 aromatic heterocycles. The molecule has 0 bridgehead atoms. The summed E-state index contributed by atoms with van der Waals surface area (Å²) < 4.78 is 0. The molecule has 2 heteroatoms. The average molecular weight is 129 g/mol. The first-order valence-electron chi connectivity index (χ1n) is 3.34. The molecule has 0 radical (unpaired) electrons. The van der Waals surface area contributed by atoms with Crippen LogP contribution in [0.25, 0.3) is 0 Å². The predicted molar refractivity (Wildman–Crippen MR) is 38.9 cm³/mol. The molecular formula is C7H15NO. The number of oxime groups is 1. The van der Waals surface area contributed by atoms with Crippen molar-refractivity contribution in [3.8, 4) is 0 Å². The fourth-order valence-electron chi connectivity index (χ4n) is 0.918. The Balaban J connectivity index is 3.38. The van der Waals surface area contributed by atoms with E-state index in [2.05, 4.69) is 19.0 Å². The van der Waals surface area contributed by atoms with Gasteiger partial charge in [-0.1, -0.05) is 20.8 Å². The first kappa shape index (κ1) is 8.47. The number of hydrogen-bond donors (Lipinski definition) is 1. The first-order valence-corrected chi connectivity index (χ1v) is 3.34. The third-order valence-electron chi connectivity index (χ3n) is 1.16. The van der Waals surface area contributed by atoms with Crippen molar-refractivity contribution in [3.05, 3.63) is 0 Å². The lowest BCUT2D eigenvalue weighted by molar-refractivity contribution is 0.317. The van der Waals surface area contributed by atoms with Gasteiger partial charge in [0.2, 0.25) is 0 Å². The van der Waals surface area contributed by atoms with Gasteiger partial charge in [-0.2, -0.15) is 0 Å². The molecule has 0 aromatic carbocycles. The van der Waals surface area contributed by atoms with E-state index in [0.29, 0.717) is 11.8 Å². The van der Waals surface area contributed by atoms with E-state index in [-0.39, 0.29) is 0 Å². The molecule has 0 amide bonds. The Bertz CT molecular complexity index is 88.9. The zero-order valence-electron chi connectivity index (χ0n) is 6.33. The predicted octanol–water partition coefficient (Wildman–Crippen LogP) is 2.13. The highest BCUT2D eigenvalue weighted by molar-refractivity contribution is 5.59. The van der Waals surface area contributed by atoms with Gasteiger partial charge in [-0.15, -0.1) is 5.16 Å². The van der Waals surface area contributed by atoms with Crippen molar-refractivity contribution in [2.75, 3.05) is 0 Å². The molecule has 0 aliphatic carbocycles. The third kappa shape index (κ3) is 5.34. The smallest absolute Gasteiger partial charge is 0.0464 e. The van der Waals surface area contributed by atoms with Gasteiger partial charge in [0, 0.05) is 6.21 Å². The number of hydrogen-bond acceptors (Lipinski definition) is 2. The maximum absolute atomic E-state index is 8.12. The Morgan fingerprint density at radius 3 is 2.33 bits per heavy atom. The van der Waals surface area contributed by atoms with E-state index >= 15 is 0 Å². The van der Waals surface area contributed by atoms with Crippen LogP contribution in [0.15, 0.2) is 5.16 Å². The summed E-state index contributed by atoms with van der Waals surface area (Å²) in [6.07, 6.45) is 2.66. The summed E-state index contributed by atoms with van der Waals surface area (Å²) in [6, 6.07) is 0. The molecule has 54 valence electrons. The maximum Gasteiger partial charge on any atom is 0.0464 e. The van der Waals surface area contributed by atoms with E-state index in [9.17, 15) is 0 Å². The fraction of sp³-hybridized carbons (Fsp3) is 0.857. The normalized spacial score (nSPS) is 15.1. The molecule has 0 heterocycles. The molecule has 1 atom stereocenters. The minimum Gasteiger partial charge on any atom is -0.411 e. The van der Waals surface area contributed by atoms with Crippen molar-refractivity contribution in [2.45, 2.75) is 27.2 Å². The monoisotopic (exact) mass is 129 g/mol. The number of nitrogens with zero attached hydrogens (tertiary/aromatic N) is 1. The van der Waals surface area contributed by atoms with E-state index in [4.69, 9.17) is 5.21 Å². The maximum atomic E-state index is 8.12. The van der Waals surface area contributed by atoms with Crippen molar-refractivity contribution in [3.63, 3.8) is 0 Å². The summed E-state index contributed by atoms with van der Waals surface area (Å²) in [7, 11) is 0. The summed E-state index contributed by atoms with van der Waals surface area (Å²) >= 11 is 0. The van der Waals surface area contributed by atoms with Crippen LogP contribution in [0, 0.1) is 11.8 Å². The van der Waals surface area contributed by atoms with Gasteiger partial charge in [0.25, 0.3) is 0 Å². The highest BCUT2D eigenvalue weighted by Crippen LogP contribution is 2.07. The quantitative estimate of drug-likeness (QED) is 0.353. The Hall–Kier alpha value is -0.530. The molecule has 0 spiro atoms. The standard InChI is InChI=1S/C7H15NO/c1-6(2)4-7(3)5-8-9/h5-7,9H,4H2,1-3H3. The summed E-state index contributed by atoms with van der Waals surface area (Å²) in [5.41, 5.74) is 0. The van der Waals surface area contributed by atoms with Crippen molar-refractivity contribution in [2.24, 2.45) is 17.0 Å². The van der Waals surface area contributed by atoms with Crippen LogP contribution < -0.4 is 0 Å². The minimum atomic E-state index is 0.398. The lowest BCUT2D eigenvalue weighted by Gasteiger charge is -2.06. The molecule has 1 unspecified atom stereocenters. The van der Waals surface area contributed by atoms with Gasteiger partial charge in [-0.3, -0.25) is 0 Å². The molecule has 0 aliphatic heterocycles. The second-order valence-electron chi connectivity index (χ2n) is 2.87. The van der Waals surface area contributed by atoms with E-state index in [1.807, 2.05) is 6.92 Å². The van der Waals surface area contributed by atoms with Crippen molar-refractivity contribution >= 4 is 6.21 Å². The highest BCUT2D eigenvalue weighted by atomic mass is 16.4. The fourth-order valence-corrected chi connectivity index (χ4v) is 0.918. The first-order chi connectivity index (χ1) is 4.16. The van der Waals surface area contributed by atoms with Crippen LogP contribution in [-0.2, 0) is 0 Å². The van der Waals surface area contributed by atoms with Gasteiger partial charge in [-0.05, 0) is 18.3 Å². The molecule has 0 fully saturated rings. The molecule has 0 aromatic rings. The molecule has 0 saturated heterocycles. The molecule has 0 rings (SSSR count). The van der Waals surface area contributed by atoms with E-state index in [1.165, 1.54) is 0 Å². The molecule has 0 aliphatic rings. The summed E-state index contributed by atoms with van der Waals surface area (Å²) in [4.78, 5) is 0. The van der Waals surface area contributed by atoms with Crippen LogP contribution in [0.5, 0.6) is 0 Å². The summed E-state index contributed by atoms with van der Waals surface area (Å²) in [6.45, 7) is 6.35. The number of rotatable bonds is 3. The summed E-state index contributed by atoms with van der Waals surface area (Å²) in [5.74, 6) is 1.08. The van der Waals surface area contributed by atoms with Crippen LogP contribution in [0.4, 0.5) is 0 Å². The van der Waals surface area contributed by atoms with Gasteiger partial charge in [-0.25, -0.2) is 0 Å². The second kappa shape index (κ2) is 4.36. The summed E-state index contributed by atoms with van der Waals surface area (Å²) in [5, 5.41) is 11.1. The average Bonchev–Trinajstić information content (AvgIpc) is 1.63. The molecular weight excluding hydrogens is 114 g/mol. The lowest BCUT2D eigenvalue weighted by atomic mass is 10.0. The third-order valence-corrected chi connectivity index (χ3v) is 1.16. The second-order valence-corrected chi connectivity index (χ2v) is 2.87. The lowest BCUT2D eigenvalue weighted by Crippen LogP contribution is -2.00. The van der Waals surface area contributed by atoms with Gasteiger partial charge >= 0.3 is 0 Å². The molecule has 9 heavy (non-hydrogen) atoms. The molecule has 1 N–H and O–H groups in total. The zero-order chi connectivity index (χ0) is 7.28. The van der Waals surface area contributed by atoms with Gasteiger partial charge in [0.05, 0.1) is 0 Å². The van der Waals surface area contributed by atoms with E-state index in [1.54, 1.807) is 6.21 Å². The molecule has 0 saturated carbocycles. The largest absolute Gasteiger partial charge is 0.411 e. The van der Waals surface area contributed by atoms with Crippen molar-refractivity contribution < 1.29 is 5.21 Å². The van der Waals surface area contributed by atoms with Crippen LogP contribution in [0.3, 0.4) is 0 Å². The Morgan fingerprint density at radius 1 is 1.44 bits per heavy atom. The Labute approximate surface area is 56.6 Å². The van der Waals surface area contributed by atoms with Crippen molar-refractivity contribution in [1.82, 2.24) is 0 Å². The van der Waals surface area contributed by atoms with Gasteiger partial charge in [0.15, 0.2) is 0 Å². The highest BCUT2D eigenvalue weighted by Gasteiger charge is 2.00. The SMILES string of the molecule is CC(C)CC(C)C=NO. The Kier molecular flexibility index (Phi) is 4.10. The minimum absolute atomic E-state index is 0.398. The van der Waals surface area contributed by atoms with Crippen molar-refractivity contribution in [1.29, 1.82) is 0 Å². The van der Waals surface area contributed by atoms with Crippen LogP contribution >= 0.6 is 0 Å². The topological polar surface area (TPSA) is 32.6 Å². The van der Waals surface area contributed by atoms with Gasteiger partial charge < -0.3 is 5.21 Å². The van der Waals surface area contributed by atoms with Gasteiger partial charge in [0.1, 0.15) is 0 Å². The zero-order valence-corrected chi connectivity index (χ0v) is 6.33. The van der Waals surface area contributed by atoms with Crippen LogP contribution in [0.1, 0.15) is 27.2 Å². The Morgan fingerprint density at radius 2 is 2.00 bits per heavy atom. The van der Waals surface area contributed by atoms with E-state index in [0.717, 1.165) is 6.42 Å².